The minimum Gasteiger partial charge on any atom is -0.494 e. The van der Waals surface area contributed by atoms with E-state index in [1.54, 1.807) is 0 Å². The Morgan fingerprint density at radius 1 is 1.21 bits per heavy atom. The van der Waals surface area contributed by atoms with Crippen molar-refractivity contribution in [1.82, 2.24) is 10.2 Å². The summed E-state index contributed by atoms with van der Waals surface area (Å²) >= 11 is 0. The third-order valence-corrected chi connectivity index (χ3v) is 6.88. The fourth-order valence-electron chi connectivity index (χ4n) is 4.64. The molecule has 29 heavy (non-hydrogen) atoms. The van der Waals surface area contributed by atoms with Gasteiger partial charge in [0.25, 0.3) is 0 Å². The average Bonchev–Trinajstić information content (AvgIpc) is 2.88. The summed E-state index contributed by atoms with van der Waals surface area (Å²) in [6.07, 6.45) is 2.25. The Hall–Kier alpha value is -1.96. The van der Waals surface area contributed by atoms with Crippen molar-refractivity contribution in [3.8, 4) is 5.75 Å². The molecule has 1 aromatic carbocycles. The molecule has 3 heterocycles. The number of urea groups is 1. The van der Waals surface area contributed by atoms with Crippen LogP contribution in [0.3, 0.4) is 0 Å². The van der Waals surface area contributed by atoms with Crippen LogP contribution in [0.1, 0.15) is 27.2 Å². The van der Waals surface area contributed by atoms with Gasteiger partial charge in [-0.15, -0.1) is 0 Å². The highest BCUT2D eigenvalue weighted by atomic mass is 32.2. The number of anilines is 1. The van der Waals surface area contributed by atoms with Gasteiger partial charge in [0.2, 0.25) is 0 Å². The maximum Gasteiger partial charge on any atom is 0.317 e. The zero-order chi connectivity index (χ0) is 21.2. The molecule has 0 aromatic heterocycles. The number of carbonyl (C=O) groups is 1. The lowest BCUT2D eigenvalue weighted by Gasteiger charge is -2.48. The molecule has 0 unspecified atom stereocenters. The van der Waals surface area contributed by atoms with E-state index in [-0.39, 0.29) is 29.8 Å². The molecular weight excluding hydrogens is 390 g/mol. The number of benzene rings is 1. The summed E-state index contributed by atoms with van der Waals surface area (Å²) in [5, 5.41) is 2.78. The van der Waals surface area contributed by atoms with Crippen LogP contribution in [-0.2, 0) is 9.84 Å². The van der Waals surface area contributed by atoms with Crippen molar-refractivity contribution in [2.24, 2.45) is 11.3 Å². The minimum atomic E-state index is -3.09. The van der Waals surface area contributed by atoms with Gasteiger partial charge in [-0.2, -0.15) is 0 Å². The van der Waals surface area contributed by atoms with Crippen LogP contribution >= 0.6 is 0 Å². The summed E-state index contributed by atoms with van der Waals surface area (Å²) in [6, 6.07) is 8.21. The Labute approximate surface area is 174 Å². The van der Waals surface area contributed by atoms with Crippen LogP contribution in [0.5, 0.6) is 5.75 Å². The first-order valence-electron chi connectivity index (χ1n) is 10.3. The summed E-state index contributed by atoms with van der Waals surface area (Å²) < 4.78 is 28.2. The van der Waals surface area contributed by atoms with Gasteiger partial charge in [0, 0.05) is 38.1 Å². The van der Waals surface area contributed by atoms with Gasteiger partial charge in [0.05, 0.1) is 18.4 Å². The van der Waals surface area contributed by atoms with Gasteiger partial charge in [-0.25, -0.2) is 13.2 Å². The Kier molecular flexibility index (Phi) is 6.31. The maximum atomic E-state index is 12.7. The van der Waals surface area contributed by atoms with E-state index in [2.05, 4.69) is 36.2 Å². The largest absolute Gasteiger partial charge is 0.494 e. The van der Waals surface area contributed by atoms with Crippen LogP contribution in [0, 0.1) is 11.3 Å². The second kappa shape index (κ2) is 8.42. The van der Waals surface area contributed by atoms with E-state index < -0.39 is 9.84 Å². The molecule has 2 amide bonds. The summed E-state index contributed by atoms with van der Waals surface area (Å²) in [5.74, 6) is 1.20. The quantitative estimate of drug-likeness (QED) is 0.760. The lowest BCUT2D eigenvalue weighted by atomic mass is 9.73. The molecule has 4 rings (SSSR count). The fraction of sp³-hybridized carbons (Fsp3) is 0.667. The highest BCUT2D eigenvalue weighted by Gasteiger charge is 2.46. The van der Waals surface area contributed by atoms with E-state index in [1.165, 1.54) is 6.26 Å². The SMILES string of the molecule is CCOc1ccc(N2C[C@H]3CN(C(=O)NCCS(C)(=O)=O)C[C@@H]2C(C)(C)C3)cc1. The molecular formula is C21H33N3O4S. The molecule has 0 aliphatic carbocycles. The van der Waals surface area contributed by atoms with Crippen LogP contribution in [-0.4, -0.2) is 70.2 Å². The number of nitrogens with zero attached hydrogens (tertiary/aromatic N) is 2. The molecule has 162 valence electrons. The number of piperidine rings is 1. The van der Waals surface area contributed by atoms with Gasteiger partial charge in [0.15, 0.2) is 0 Å². The monoisotopic (exact) mass is 423 g/mol. The van der Waals surface area contributed by atoms with Crippen molar-refractivity contribution in [1.29, 1.82) is 0 Å². The Balaban J connectivity index is 1.74. The van der Waals surface area contributed by atoms with Crippen molar-refractivity contribution in [2.45, 2.75) is 33.2 Å². The van der Waals surface area contributed by atoms with Gasteiger partial charge in [-0.05, 0) is 48.9 Å². The third kappa shape index (κ3) is 5.35. The zero-order valence-corrected chi connectivity index (χ0v) is 18.7. The topological polar surface area (TPSA) is 79.0 Å². The Morgan fingerprint density at radius 3 is 2.52 bits per heavy atom. The lowest BCUT2D eigenvalue weighted by molar-refractivity contribution is 0.187. The van der Waals surface area contributed by atoms with Gasteiger partial charge in [-0.3, -0.25) is 0 Å². The van der Waals surface area contributed by atoms with E-state index in [1.807, 2.05) is 24.0 Å². The number of fused-ring (bicyclic) bond motifs is 4. The van der Waals surface area contributed by atoms with E-state index >= 15 is 0 Å². The number of rotatable bonds is 6. The summed E-state index contributed by atoms with van der Waals surface area (Å²) in [6.45, 7) is 9.54. The highest BCUT2D eigenvalue weighted by molar-refractivity contribution is 7.90. The molecule has 0 radical (unpaired) electrons. The molecule has 3 fully saturated rings. The van der Waals surface area contributed by atoms with Crippen molar-refractivity contribution in [2.75, 3.05) is 49.7 Å². The predicted octanol–water partition coefficient (Wildman–Crippen LogP) is 2.38. The molecule has 3 aliphatic heterocycles. The number of sulfone groups is 1. The molecule has 2 bridgehead atoms. The van der Waals surface area contributed by atoms with Crippen LogP contribution in [0.2, 0.25) is 0 Å². The van der Waals surface area contributed by atoms with Crippen LogP contribution < -0.4 is 15.0 Å². The number of ether oxygens (including phenoxy) is 1. The second-order valence-corrected chi connectivity index (χ2v) is 11.2. The van der Waals surface area contributed by atoms with E-state index in [0.29, 0.717) is 25.6 Å². The number of carbonyl (C=O) groups excluding carboxylic acids is 1. The van der Waals surface area contributed by atoms with Gasteiger partial charge < -0.3 is 19.9 Å². The normalized spacial score (nSPS) is 23.6. The molecule has 1 aromatic rings. The van der Waals surface area contributed by atoms with E-state index in [0.717, 1.165) is 24.4 Å². The first kappa shape index (κ1) is 21.7. The maximum absolute atomic E-state index is 12.7. The third-order valence-electron chi connectivity index (χ3n) is 5.94. The second-order valence-electron chi connectivity index (χ2n) is 8.92. The molecule has 7 nitrogen and oxygen atoms in total. The first-order valence-corrected chi connectivity index (χ1v) is 12.3. The summed E-state index contributed by atoms with van der Waals surface area (Å²) in [4.78, 5) is 17.0. The van der Waals surface area contributed by atoms with E-state index in [4.69, 9.17) is 4.74 Å². The molecule has 3 aliphatic rings. The highest BCUT2D eigenvalue weighted by Crippen LogP contribution is 2.43. The van der Waals surface area contributed by atoms with Crippen molar-refractivity contribution in [3.63, 3.8) is 0 Å². The minimum absolute atomic E-state index is 0.0385. The molecule has 2 atom stereocenters. The number of amides is 2. The van der Waals surface area contributed by atoms with Crippen molar-refractivity contribution < 1.29 is 17.9 Å². The van der Waals surface area contributed by atoms with Crippen LogP contribution in [0.25, 0.3) is 0 Å². The zero-order valence-electron chi connectivity index (χ0n) is 17.8. The van der Waals surface area contributed by atoms with Crippen molar-refractivity contribution >= 4 is 21.6 Å². The van der Waals surface area contributed by atoms with Crippen molar-refractivity contribution in [3.05, 3.63) is 24.3 Å². The molecule has 0 spiro atoms. The number of hydrogen-bond acceptors (Lipinski definition) is 5. The van der Waals surface area contributed by atoms with E-state index in [9.17, 15) is 13.2 Å². The molecule has 3 saturated heterocycles. The van der Waals surface area contributed by atoms with Gasteiger partial charge >= 0.3 is 6.03 Å². The van der Waals surface area contributed by atoms with Gasteiger partial charge in [0.1, 0.15) is 15.6 Å². The fourth-order valence-corrected chi connectivity index (χ4v) is 5.11. The first-order chi connectivity index (χ1) is 13.6. The number of nitrogens with one attached hydrogen (secondary N) is 1. The average molecular weight is 424 g/mol. The smallest absolute Gasteiger partial charge is 0.317 e. The predicted molar refractivity (Wildman–Crippen MR) is 115 cm³/mol. The molecule has 0 saturated carbocycles. The summed E-state index contributed by atoms with van der Waals surface area (Å²) in [5.41, 5.74) is 1.22. The lowest BCUT2D eigenvalue weighted by Crippen LogP contribution is -2.54. The Bertz CT molecular complexity index is 823. The molecule has 8 heteroatoms. The number of hydrogen-bond donors (Lipinski definition) is 1. The summed E-state index contributed by atoms with van der Waals surface area (Å²) in [7, 11) is -3.09. The molecule has 1 N–H and O–H groups in total. The van der Waals surface area contributed by atoms with Crippen LogP contribution in [0.4, 0.5) is 10.5 Å². The Morgan fingerprint density at radius 2 is 1.90 bits per heavy atom. The van der Waals surface area contributed by atoms with Crippen LogP contribution in [0.15, 0.2) is 24.3 Å². The van der Waals surface area contributed by atoms with Gasteiger partial charge in [-0.1, -0.05) is 13.8 Å². The standard InChI is InChI=1S/C21H33N3O4S/c1-5-28-18-8-6-17(7-9-18)24-14-16-12-21(2,3)19(24)15-23(13-16)20(25)22-10-11-29(4,26)27/h6-9,16,19H,5,10-15H2,1-4H3,(H,22,25)/t16-,19-/m1/s1.